The van der Waals surface area contributed by atoms with E-state index in [4.69, 9.17) is 0 Å². The molecule has 0 aliphatic carbocycles. The van der Waals surface area contributed by atoms with Crippen molar-refractivity contribution < 1.29 is 23.9 Å². The standard InChI is InChI=1S/C17H13FN2O4/c18-11-4-6-12(7-5-11)19-14-9-15(21)20(16(14)22)13-3-1-2-10(8-13)17(23)24/h1-8,14,19H,9H2,(H,23,24)/p-1. The molecule has 1 unspecified atom stereocenters. The van der Waals surface area contributed by atoms with E-state index in [1.54, 1.807) is 0 Å². The molecular formula is C17H12FN2O4-. The van der Waals surface area contributed by atoms with E-state index in [0.717, 1.165) is 4.90 Å². The number of anilines is 2. The first-order chi connectivity index (χ1) is 11.5. The van der Waals surface area contributed by atoms with E-state index in [9.17, 15) is 23.9 Å². The zero-order chi connectivity index (χ0) is 17.3. The van der Waals surface area contributed by atoms with Gasteiger partial charge in [-0.3, -0.25) is 9.59 Å². The van der Waals surface area contributed by atoms with Crippen LogP contribution < -0.4 is 15.3 Å². The van der Waals surface area contributed by atoms with Crippen molar-refractivity contribution >= 4 is 29.2 Å². The van der Waals surface area contributed by atoms with E-state index in [1.165, 1.54) is 48.5 Å². The number of halogens is 1. The van der Waals surface area contributed by atoms with Crippen molar-refractivity contribution in [2.75, 3.05) is 10.2 Å². The fraction of sp³-hybridized carbons (Fsp3) is 0.118. The fourth-order valence-electron chi connectivity index (χ4n) is 2.54. The lowest BCUT2D eigenvalue weighted by Crippen LogP contribution is -2.35. The summed E-state index contributed by atoms with van der Waals surface area (Å²) in [5.74, 6) is -2.75. The second kappa shape index (κ2) is 6.11. The Balaban J connectivity index is 1.82. The molecule has 1 heterocycles. The predicted molar refractivity (Wildman–Crippen MR) is 81.7 cm³/mol. The average Bonchev–Trinajstić information content (AvgIpc) is 2.83. The fourth-order valence-corrected chi connectivity index (χ4v) is 2.54. The van der Waals surface area contributed by atoms with E-state index < -0.39 is 29.6 Å². The van der Waals surface area contributed by atoms with E-state index in [2.05, 4.69) is 5.32 Å². The molecule has 6 nitrogen and oxygen atoms in total. The number of nitrogens with one attached hydrogen (secondary N) is 1. The Morgan fingerprint density at radius 2 is 1.88 bits per heavy atom. The van der Waals surface area contributed by atoms with Gasteiger partial charge in [0, 0.05) is 5.69 Å². The minimum absolute atomic E-state index is 0.0776. The van der Waals surface area contributed by atoms with Gasteiger partial charge in [0.1, 0.15) is 11.9 Å². The number of imide groups is 1. The van der Waals surface area contributed by atoms with Crippen LogP contribution in [0.1, 0.15) is 16.8 Å². The molecule has 24 heavy (non-hydrogen) atoms. The molecule has 1 saturated heterocycles. The van der Waals surface area contributed by atoms with Crippen LogP contribution in [0.3, 0.4) is 0 Å². The summed E-state index contributed by atoms with van der Waals surface area (Å²) in [6, 6.07) is 10.1. The Hall–Kier alpha value is -3.22. The maximum atomic E-state index is 12.9. The summed E-state index contributed by atoms with van der Waals surface area (Å²) >= 11 is 0. The second-order valence-electron chi connectivity index (χ2n) is 5.31. The van der Waals surface area contributed by atoms with Gasteiger partial charge < -0.3 is 15.2 Å². The van der Waals surface area contributed by atoms with Gasteiger partial charge in [-0.05, 0) is 42.0 Å². The number of rotatable bonds is 4. The average molecular weight is 327 g/mol. The number of carboxylic acids is 1. The number of carboxylic acid groups (broad SMARTS) is 1. The minimum Gasteiger partial charge on any atom is -0.545 e. The van der Waals surface area contributed by atoms with Gasteiger partial charge in [0.05, 0.1) is 18.1 Å². The highest BCUT2D eigenvalue weighted by atomic mass is 19.1. The SMILES string of the molecule is O=C([O-])c1cccc(N2C(=O)CC(Nc3ccc(F)cc3)C2=O)c1. The predicted octanol–water partition coefficient (Wildman–Crippen LogP) is 0.933. The monoisotopic (exact) mass is 327 g/mol. The minimum atomic E-state index is -1.39. The number of benzene rings is 2. The van der Waals surface area contributed by atoms with E-state index in [-0.39, 0.29) is 17.7 Å². The van der Waals surface area contributed by atoms with Crippen LogP contribution in [0.25, 0.3) is 0 Å². The maximum absolute atomic E-state index is 12.9. The van der Waals surface area contributed by atoms with E-state index in [1.807, 2.05) is 0 Å². The number of amides is 2. The number of carbonyl (C=O) groups is 3. The summed E-state index contributed by atoms with van der Waals surface area (Å²) in [7, 11) is 0. The molecular weight excluding hydrogens is 315 g/mol. The number of nitrogens with zero attached hydrogens (tertiary/aromatic N) is 1. The smallest absolute Gasteiger partial charge is 0.256 e. The van der Waals surface area contributed by atoms with Crippen LogP contribution in [0.4, 0.5) is 15.8 Å². The first kappa shape index (κ1) is 15.7. The third-order valence-electron chi connectivity index (χ3n) is 3.67. The van der Waals surface area contributed by atoms with E-state index >= 15 is 0 Å². The van der Waals surface area contributed by atoms with Crippen molar-refractivity contribution in [1.82, 2.24) is 0 Å². The number of hydrogen-bond acceptors (Lipinski definition) is 5. The van der Waals surface area contributed by atoms with Crippen LogP contribution in [0.2, 0.25) is 0 Å². The van der Waals surface area contributed by atoms with Gasteiger partial charge in [-0.25, -0.2) is 9.29 Å². The van der Waals surface area contributed by atoms with Crippen LogP contribution in [-0.4, -0.2) is 23.8 Å². The Kier molecular flexibility index (Phi) is 3.99. The Morgan fingerprint density at radius 1 is 1.17 bits per heavy atom. The van der Waals surface area contributed by atoms with Crippen LogP contribution in [0, 0.1) is 5.82 Å². The highest BCUT2D eigenvalue weighted by Crippen LogP contribution is 2.25. The first-order valence-corrected chi connectivity index (χ1v) is 7.16. The van der Waals surface area contributed by atoms with Gasteiger partial charge in [-0.2, -0.15) is 0 Å². The zero-order valence-electron chi connectivity index (χ0n) is 12.4. The van der Waals surface area contributed by atoms with Gasteiger partial charge >= 0.3 is 0 Å². The normalized spacial score (nSPS) is 17.2. The maximum Gasteiger partial charge on any atom is 0.256 e. The Morgan fingerprint density at radius 3 is 2.54 bits per heavy atom. The molecule has 0 spiro atoms. The number of aromatic carboxylic acids is 1. The number of carbonyl (C=O) groups excluding carboxylic acids is 3. The van der Waals surface area contributed by atoms with Gasteiger partial charge in [-0.1, -0.05) is 12.1 Å². The zero-order valence-corrected chi connectivity index (χ0v) is 12.4. The topological polar surface area (TPSA) is 89.5 Å². The molecule has 1 fully saturated rings. The highest BCUT2D eigenvalue weighted by Gasteiger charge is 2.39. The Labute approximate surface area is 136 Å². The van der Waals surface area contributed by atoms with Crippen LogP contribution in [0.15, 0.2) is 48.5 Å². The van der Waals surface area contributed by atoms with E-state index in [0.29, 0.717) is 5.69 Å². The second-order valence-corrected chi connectivity index (χ2v) is 5.31. The molecule has 122 valence electrons. The molecule has 3 rings (SSSR count). The molecule has 1 N–H and O–H groups in total. The number of hydrogen-bond donors (Lipinski definition) is 1. The summed E-state index contributed by atoms with van der Waals surface area (Å²) in [6.07, 6.45) is -0.0776. The molecule has 0 aromatic heterocycles. The summed E-state index contributed by atoms with van der Waals surface area (Å²) < 4.78 is 12.9. The van der Waals surface area contributed by atoms with Crippen molar-refractivity contribution in [2.45, 2.75) is 12.5 Å². The highest BCUT2D eigenvalue weighted by molar-refractivity contribution is 6.23. The van der Waals surface area contributed by atoms with Crippen molar-refractivity contribution in [3.63, 3.8) is 0 Å². The third-order valence-corrected chi connectivity index (χ3v) is 3.67. The van der Waals surface area contributed by atoms with Crippen molar-refractivity contribution in [2.24, 2.45) is 0 Å². The lowest BCUT2D eigenvalue weighted by Gasteiger charge is -2.17. The van der Waals surface area contributed by atoms with Crippen LogP contribution in [-0.2, 0) is 9.59 Å². The van der Waals surface area contributed by atoms with Crippen LogP contribution in [0.5, 0.6) is 0 Å². The molecule has 0 saturated carbocycles. The third kappa shape index (κ3) is 2.96. The van der Waals surface area contributed by atoms with Gasteiger partial charge in [0.15, 0.2) is 0 Å². The summed E-state index contributed by atoms with van der Waals surface area (Å²) in [4.78, 5) is 36.5. The largest absolute Gasteiger partial charge is 0.545 e. The lowest BCUT2D eigenvalue weighted by molar-refractivity contribution is -0.255. The summed E-state index contributed by atoms with van der Waals surface area (Å²) in [6.45, 7) is 0. The molecule has 7 heteroatoms. The van der Waals surface area contributed by atoms with Crippen molar-refractivity contribution in [1.29, 1.82) is 0 Å². The molecule has 1 atom stereocenters. The van der Waals surface area contributed by atoms with Crippen molar-refractivity contribution in [3.8, 4) is 0 Å². The molecule has 0 bridgehead atoms. The molecule has 2 amide bonds. The quantitative estimate of drug-likeness (QED) is 0.844. The van der Waals surface area contributed by atoms with Gasteiger partial charge in [0.2, 0.25) is 5.91 Å². The van der Waals surface area contributed by atoms with Crippen molar-refractivity contribution in [3.05, 3.63) is 59.9 Å². The van der Waals surface area contributed by atoms with Crippen LogP contribution >= 0.6 is 0 Å². The molecule has 2 aromatic carbocycles. The molecule has 0 radical (unpaired) electrons. The molecule has 1 aliphatic heterocycles. The van der Waals surface area contributed by atoms with Gasteiger partial charge in [-0.15, -0.1) is 0 Å². The summed E-state index contributed by atoms with van der Waals surface area (Å²) in [5.41, 5.74) is 0.561. The molecule has 1 aliphatic rings. The van der Waals surface area contributed by atoms with Gasteiger partial charge in [0.25, 0.3) is 5.91 Å². The summed E-state index contributed by atoms with van der Waals surface area (Å²) in [5, 5.41) is 13.8. The first-order valence-electron chi connectivity index (χ1n) is 7.16. The molecule has 2 aromatic rings. The lowest BCUT2D eigenvalue weighted by atomic mass is 10.2. The Bertz CT molecular complexity index is 820.